The molecule has 2 N–H and O–H groups in total. The van der Waals surface area contributed by atoms with Crippen molar-refractivity contribution in [3.63, 3.8) is 0 Å². The zero-order valence-corrected chi connectivity index (χ0v) is 22.7. The van der Waals surface area contributed by atoms with E-state index in [1.54, 1.807) is 19.3 Å². The van der Waals surface area contributed by atoms with Gasteiger partial charge in [-0.1, -0.05) is 27.7 Å². The Labute approximate surface area is 222 Å². The van der Waals surface area contributed by atoms with Gasteiger partial charge in [0, 0.05) is 31.5 Å². The molecule has 2 aliphatic rings. The average Bonchev–Trinajstić information content (AvgIpc) is 3.58. The molecule has 0 radical (unpaired) electrons. The van der Waals surface area contributed by atoms with Crippen molar-refractivity contribution in [3.05, 3.63) is 42.0 Å². The van der Waals surface area contributed by atoms with Crippen LogP contribution in [0.15, 0.2) is 34.9 Å². The third kappa shape index (κ3) is 4.73. The number of anilines is 1. The molecule has 4 heterocycles. The lowest BCUT2D eigenvalue weighted by atomic mass is 9.75. The van der Waals surface area contributed by atoms with E-state index >= 15 is 0 Å². The molecule has 2 fully saturated rings. The highest BCUT2D eigenvalue weighted by atomic mass is 16.7. The molecule has 3 aromatic rings. The predicted octanol–water partition coefficient (Wildman–Crippen LogP) is 5.37. The van der Waals surface area contributed by atoms with Crippen molar-refractivity contribution in [2.24, 2.45) is 23.7 Å². The predicted molar refractivity (Wildman–Crippen MR) is 142 cm³/mol. The van der Waals surface area contributed by atoms with E-state index in [0.717, 1.165) is 19.3 Å². The molecular formula is C29H37N3O6. The maximum atomic E-state index is 13.2. The van der Waals surface area contributed by atoms with E-state index in [1.165, 1.54) is 0 Å². The number of ketones is 1. The van der Waals surface area contributed by atoms with Gasteiger partial charge in [-0.2, -0.15) is 0 Å². The number of aromatic amines is 1. The van der Waals surface area contributed by atoms with E-state index in [-0.39, 0.29) is 41.7 Å². The van der Waals surface area contributed by atoms with E-state index in [4.69, 9.17) is 18.6 Å². The van der Waals surface area contributed by atoms with Gasteiger partial charge < -0.3 is 28.9 Å². The molecule has 7 atom stereocenters. The summed E-state index contributed by atoms with van der Waals surface area (Å²) in [5.41, 5.74) is 2.29. The molecule has 9 nitrogen and oxygen atoms in total. The average molecular weight is 524 g/mol. The molecule has 0 unspecified atom stereocenters. The van der Waals surface area contributed by atoms with E-state index in [9.17, 15) is 9.59 Å². The van der Waals surface area contributed by atoms with Crippen LogP contribution >= 0.6 is 0 Å². The number of Topliss-reactive ketones (excluding diaryl/α,β-unsaturated/α-hetero) is 1. The molecule has 9 heteroatoms. The molecule has 38 heavy (non-hydrogen) atoms. The number of ether oxygens (including phenoxy) is 3. The van der Waals surface area contributed by atoms with Gasteiger partial charge in [0.1, 0.15) is 0 Å². The lowest BCUT2D eigenvalue weighted by molar-refractivity contribution is -0.355. The smallest absolute Gasteiger partial charge is 0.298 e. The number of hydrogen-bond donors (Lipinski definition) is 2. The first-order valence-corrected chi connectivity index (χ1v) is 13.5. The van der Waals surface area contributed by atoms with Gasteiger partial charge in [-0.25, -0.2) is 4.98 Å². The number of oxazole rings is 1. The van der Waals surface area contributed by atoms with E-state index in [2.05, 4.69) is 36.1 Å². The second-order valence-electron chi connectivity index (χ2n) is 11.0. The maximum absolute atomic E-state index is 13.2. The van der Waals surface area contributed by atoms with Gasteiger partial charge in [0.15, 0.2) is 34.3 Å². The van der Waals surface area contributed by atoms with E-state index in [1.807, 2.05) is 25.1 Å². The first-order chi connectivity index (χ1) is 18.3. The number of nitrogens with one attached hydrogen (secondary N) is 2. The fourth-order valence-corrected chi connectivity index (χ4v) is 6.18. The lowest BCUT2D eigenvalue weighted by Crippen LogP contribution is -2.58. The Morgan fingerprint density at radius 2 is 2.08 bits per heavy atom. The first-order valence-electron chi connectivity index (χ1n) is 13.5. The summed E-state index contributed by atoms with van der Waals surface area (Å²) >= 11 is 0. The van der Waals surface area contributed by atoms with Crippen LogP contribution in [0.25, 0.3) is 11.1 Å². The summed E-state index contributed by atoms with van der Waals surface area (Å²) in [5, 5.41) is 3.01. The zero-order valence-electron chi connectivity index (χ0n) is 22.7. The van der Waals surface area contributed by atoms with Crippen molar-refractivity contribution >= 4 is 29.0 Å². The molecule has 1 aromatic carbocycles. The molecule has 0 aliphatic carbocycles. The number of aromatic nitrogens is 2. The first kappa shape index (κ1) is 26.4. The van der Waals surface area contributed by atoms with Crippen LogP contribution < -0.4 is 10.1 Å². The monoisotopic (exact) mass is 523 g/mol. The number of carbonyl (C=O) groups excluding carboxylic acids is 2. The van der Waals surface area contributed by atoms with Crippen LogP contribution in [-0.4, -0.2) is 47.3 Å². The van der Waals surface area contributed by atoms with Gasteiger partial charge in [0.2, 0.25) is 0 Å². The Morgan fingerprint density at radius 1 is 1.26 bits per heavy atom. The molecular weight excluding hydrogens is 486 g/mol. The molecule has 0 saturated carbocycles. The normalized spacial score (nSPS) is 30.3. The minimum Gasteiger partial charge on any atom is -0.440 e. The van der Waals surface area contributed by atoms with Crippen LogP contribution in [0.4, 0.5) is 5.69 Å². The van der Waals surface area contributed by atoms with Gasteiger partial charge in [0.05, 0.1) is 30.0 Å². The molecule has 2 aromatic heterocycles. The Kier molecular flexibility index (Phi) is 7.33. The van der Waals surface area contributed by atoms with Crippen molar-refractivity contribution in [2.75, 3.05) is 12.4 Å². The molecule has 2 aliphatic heterocycles. The van der Waals surface area contributed by atoms with Crippen LogP contribution in [0.3, 0.4) is 0 Å². The number of hydrogen-bond acceptors (Lipinski definition) is 8. The topological polar surface area (TPSA) is 116 Å². The SMILES string of the molecule is CNc1ccc2oc(C[C@H]3O[C@@]4(CC[C@H]3C)O[C@H]([C@H](C)C(=O)c3ccc[nH]3)[C@H](C)C[C@H]4C)nc2c1OC=O. The van der Waals surface area contributed by atoms with E-state index in [0.29, 0.717) is 47.0 Å². The molecule has 0 amide bonds. The quantitative estimate of drug-likeness (QED) is 0.299. The molecule has 0 bridgehead atoms. The summed E-state index contributed by atoms with van der Waals surface area (Å²) in [6.07, 6.45) is 4.42. The summed E-state index contributed by atoms with van der Waals surface area (Å²) in [5.74, 6) is 0.498. The number of nitrogens with zero attached hydrogens (tertiary/aromatic N) is 1. The van der Waals surface area contributed by atoms with Crippen LogP contribution in [0.2, 0.25) is 0 Å². The van der Waals surface area contributed by atoms with Crippen molar-refractivity contribution < 1.29 is 28.2 Å². The number of carbonyl (C=O) groups is 2. The van der Waals surface area contributed by atoms with Crippen molar-refractivity contribution in [3.8, 4) is 5.75 Å². The fourth-order valence-electron chi connectivity index (χ4n) is 6.18. The number of H-pyrrole nitrogens is 1. The Bertz CT molecular complexity index is 1290. The Balaban J connectivity index is 1.38. The zero-order chi connectivity index (χ0) is 27.0. The Morgan fingerprint density at radius 3 is 2.79 bits per heavy atom. The lowest BCUT2D eigenvalue weighted by Gasteiger charge is -2.53. The molecule has 1 spiro atoms. The molecule has 2 saturated heterocycles. The number of benzene rings is 1. The molecule has 204 valence electrons. The van der Waals surface area contributed by atoms with Gasteiger partial charge >= 0.3 is 0 Å². The third-order valence-electron chi connectivity index (χ3n) is 8.45. The standard InChI is InChI=1S/C29H37N3O6/c1-16-10-11-29(18(3)13-17(2)27(38-29)19(4)26(34)20-7-6-12-31-20)37-23(16)14-24-32-25-22(36-24)9-8-21(30-5)28(25)35-15-33/h6-9,12,15-19,23,27,30-31H,10-11,13-14H2,1-5H3/t16-,17-,18-,19-,23-,27+,29+/m1/s1. The van der Waals surface area contributed by atoms with Crippen LogP contribution in [0.5, 0.6) is 5.75 Å². The summed E-state index contributed by atoms with van der Waals surface area (Å²) in [6, 6.07) is 7.25. The van der Waals surface area contributed by atoms with Crippen LogP contribution in [-0.2, 0) is 20.7 Å². The van der Waals surface area contributed by atoms with Crippen LogP contribution in [0, 0.1) is 23.7 Å². The summed E-state index contributed by atoms with van der Waals surface area (Å²) < 4.78 is 24.9. The fraction of sp³-hybridized carbons (Fsp3) is 0.552. The van der Waals surface area contributed by atoms with Crippen molar-refractivity contribution in [1.82, 2.24) is 9.97 Å². The minimum atomic E-state index is -0.768. The van der Waals surface area contributed by atoms with E-state index < -0.39 is 5.79 Å². The highest BCUT2D eigenvalue weighted by Crippen LogP contribution is 2.48. The number of rotatable bonds is 8. The van der Waals surface area contributed by atoms with Crippen LogP contribution in [0.1, 0.15) is 63.3 Å². The number of fused-ring (bicyclic) bond motifs is 1. The third-order valence-corrected chi connectivity index (χ3v) is 8.45. The minimum absolute atomic E-state index is 0.0537. The summed E-state index contributed by atoms with van der Waals surface area (Å²) in [7, 11) is 1.75. The second kappa shape index (κ2) is 10.5. The molecule has 5 rings (SSSR count). The van der Waals surface area contributed by atoms with Crippen molar-refractivity contribution in [1.29, 1.82) is 0 Å². The largest absolute Gasteiger partial charge is 0.440 e. The summed E-state index contributed by atoms with van der Waals surface area (Å²) in [6.45, 7) is 8.85. The van der Waals surface area contributed by atoms with Crippen molar-refractivity contribution in [2.45, 2.75) is 71.4 Å². The highest BCUT2D eigenvalue weighted by Gasteiger charge is 2.52. The van der Waals surface area contributed by atoms with Gasteiger partial charge in [-0.15, -0.1) is 0 Å². The van der Waals surface area contributed by atoms with Gasteiger partial charge in [0.25, 0.3) is 6.47 Å². The summed E-state index contributed by atoms with van der Waals surface area (Å²) in [4.78, 5) is 32.0. The second-order valence-corrected chi connectivity index (χ2v) is 11.0. The Hall–Kier alpha value is -3.17. The van der Waals surface area contributed by atoms with Gasteiger partial charge in [-0.3, -0.25) is 9.59 Å². The maximum Gasteiger partial charge on any atom is 0.298 e. The highest BCUT2D eigenvalue weighted by molar-refractivity contribution is 5.96. The van der Waals surface area contributed by atoms with Gasteiger partial charge in [-0.05, 0) is 48.9 Å².